The van der Waals surface area contributed by atoms with Crippen molar-refractivity contribution in [2.24, 2.45) is 11.3 Å². The maximum atomic E-state index is 11.4. The van der Waals surface area contributed by atoms with Gasteiger partial charge in [-0.2, -0.15) is 13.1 Å². The van der Waals surface area contributed by atoms with E-state index in [0.29, 0.717) is 5.92 Å². The summed E-state index contributed by atoms with van der Waals surface area (Å²) in [5.74, 6) is 0.410. The molecule has 1 saturated heterocycles. The van der Waals surface area contributed by atoms with Gasteiger partial charge in [0.05, 0.1) is 6.10 Å². The molecular formula is C10H19NO3S. The molecule has 0 aromatic carbocycles. The molecule has 2 aliphatic rings. The first-order valence-electron chi connectivity index (χ1n) is 5.48. The molecule has 0 amide bonds. The Hall–Kier alpha value is -0.130. The van der Waals surface area contributed by atoms with Gasteiger partial charge in [0.2, 0.25) is 0 Å². The van der Waals surface area contributed by atoms with Gasteiger partial charge in [0.1, 0.15) is 0 Å². The van der Waals surface area contributed by atoms with Crippen molar-refractivity contribution >= 4 is 10.3 Å². The number of nitrogens with one attached hydrogen (secondary N) is 1. The summed E-state index contributed by atoms with van der Waals surface area (Å²) < 4.78 is 30.4. The molecular weight excluding hydrogens is 214 g/mol. The van der Waals surface area contributed by atoms with E-state index in [1.807, 2.05) is 0 Å². The van der Waals surface area contributed by atoms with Gasteiger partial charge in [-0.3, -0.25) is 4.18 Å². The first-order valence-corrected chi connectivity index (χ1v) is 6.89. The smallest absolute Gasteiger partial charge is 0.255 e. The molecule has 2 bridgehead atoms. The molecule has 3 atom stereocenters. The molecule has 1 aliphatic carbocycles. The van der Waals surface area contributed by atoms with Crippen molar-refractivity contribution in [2.75, 3.05) is 0 Å². The summed E-state index contributed by atoms with van der Waals surface area (Å²) in [7, 11) is -3.49. The van der Waals surface area contributed by atoms with E-state index in [9.17, 15) is 8.42 Å². The van der Waals surface area contributed by atoms with Crippen molar-refractivity contribution in [2.45, 2.75) is 52.2 Å². The predicted molar refractivity (Wildman–Crippen MR) is 57.5 cm³/mol. The minimum Gasteiger partial charge on any atom is -0.255 e. The first kappa shape index (κ1) is 11.4. The lowest BCUT2D eigenvalue weighted by Crippen LogP contribution is -2.55. The van der Waals surface area contributed by atoms with Crippen molar-refractivity contribution in [3.63, 3.8) is 0 Å². The Kier molecular flexibility index (Phi) is 2.60. The second-order valence-corrected chi connectivity index (χ2v) is 7.02. The fraction of sp³-hybridized carbons (Fsp3) is 1.00. The van der Waals surface area contributed by atoms with Crippen LogP contribution >= 0.6 is 0 Å². The van der Waals surface area contributed by atoms with E-state index >= 15 is 0 Å². The maximum absolute atomic E-state index is 11.4. The lowest BCUT2D eigenvalue weighted by atomic mass is 9.69. The normalized spacial score (nSPS) is 40.1. The molecule has 15 heavy (non-hydrogen) atoms. The third-order valence-electron chi connectivity index (χ3n) is 3.47. The number of fused-ring (bicyclic) bond motifs is 2. The van der Waals surface area contributed by atoms with Crippen molar-refractivity contribution in [1.29, 1.82) is 0 Å². The van der Waals surface area contributed by atoms with Crippen LogP contribution in [0.3, 0.4) is 0 Å². The first-order chi connectivity index (χ1) is 6.78. The van der Waals surface area contributed by atoms with Crippen molar-refractivity contribution in [3.8, 4) is 0 Å². The van der Waals surface area contributed by atoms with Crippen LogP contribution in [-0.2, 0) is 14.5 Å². The van der Waals surface area contributed by atoms with Crippen LogP contribution in [0.1, 0.15) is 40.0 Å². The predicted octanol–water partition coefficient (Wildman–Crippen LogP) is 1.43. The van der Waals surface area contributed by atoms with Gasteiger partial charge in [-0.25, -0.2) is 0 Å². The second-order valence-electron chi connectivity index (χ2n) is 5.68. The Bertz CT molecular complexity index is 344. The lowest BCUT2D eigenvalue weighted by molar-refractivity contribution is 0.0446. The van der Waals surface area contributed by atoms with Crippen LogP contribution in [0.4, 0.5) is 0 Å². The summed E-state index contributed by atoms with van der Waals surface area (Å²) in [5.41, 5.74) is 0.148. The van der Waals surface area contributed by atoms with Crippen LogP contribution in [0.2, 0.25) is 0 Å². The number of hydrogen-bond donors (Lipinski definition) is 1. The van der Waals surface area contributed by atoms with Crippen LogP contribution in [0.25, 0.3) is 0 Å². The van der Waals surface area contributed by atoms with Crippen LogP contribution in [0, 0.1) is 11.3 Å². The summed E-state index contributed by atoms with van der Waals surface area (Å²) >= 11 is 0. The van der Waals surface area contributed by atoms with Gasteiger partial charge in [-0.15, -0.1) is 0 Å². The van der Waals surface area contributed by atoms with Gasteiger partial charge in [0, 0.05) is 6.04 Å². The summed E-state index contributed by atoms with van der Waals surface area (Å²) in [6, 6.07) is 0.0579. The largest absolute Gasteiger partial charge is 0.336 e. The molecule has 5 heteroatoms. The minimum absolute atomic E-state index is 0.0579. The Labute approximate surface area is 91.6 Å². The van der Waals surface area contributed by atoms with E-state index in [4.69, 9.17) is 4.18 Å². The molecule has 88 valence electrons. The SMILES string of the molecule is CC(C)(C)C1CCC2CC1NS(=O)(=O)O2. The molecule has 1 aliphatic heterocycles. The highest BCUT2D eigenvalue weighted by atomic mass is 32.2. The summed E-state index contributed by atoms with van der Waals surface area (Å²) in [6.45, 7) is 6.51. The Morgan fingerprint density at radius 1 is 1.27 bits per heavy atom. The standard InChI is InChI=1S/C10H19NO3S/c1-10(2,3)8-5-4-7-6-9(8)11-15(12,13)14-7/h7-9,11H,4-6H2,1-3H3. The average Bonchev–Trinajstić information content (AvgIpc) is 1.97. The highest BCUT2D eigenvalue weighted by molar-refractivity contribution is 7.84. The molecule has 0 radical (unpaired) electrons. The summed E-state index contributed by atoms with van der Waals surface area (Å²) in [4.78, 5) is 0. The second kappa shape index (κ2) is 3.43. The van der Waals surface area contributed by atoms with Crippen LogP contribution in [-0.4, -0.2) is 20.6 Å². The summed E-state index contributed by atoms with van der Waals surface area (Å²) in [6.07, 6.45) is 2.63. The zero-order chi connectivity index (χ0) is 11.3. The number of rotatable bonds is 0. The van der Waals surface area contributed by atoms with Gasteiger partial charge in [-0.1, -0.05) is 20.8 Å². The van der Waals surface area contributed by atoms with E-state index in [0.717, 1.165) is 19.3 Å². The maximum Gasteiger partial charge on any atom is 0.336 e. The molecule has 0 aromatic heterocycles. The molecule has 1 N–H and O–H groups in total. The van der Waals surface area contributed by atoms with Gasteiger partial charge in [0.15, 0.2) is 0 Å². The van der Waals surface area contributed by atoms with Crippen molar-refractivity contribution < 1.29 is 12.6 Å². The monoisotopic (exact) mass is 233 g/mol. The highest BCUT2D eigenvalue weighted by Gasteiger charge is 2.44. The minimum atomic E-state index is -3.49. The van der Waals surface area contributed by atoms with Crippen molar-refractivity contribution in [1.82, 2.24) is 4.72 Å². The quantitative estimate of drug-likeness (QED) is 0.688. The van der Waals surface area contributed by atoms with Gasteiger partial charge in [-0.05, 0) is 30.6 Å². The molecule has 0 spiro atoms. The number of hydrogen-bond acceptors (Lipinski definition) is 3. The Balaban J connectivity index is 2.20. The van der Waals surface area contributed by atoms with Crippen LogP contribution < -0.4 is 4.72 Å². The third kappa shape index (κ3) is 2.34. The molecule has 2 rings (SSSR count). The van der Waals surface area contributed by atoms with Gasteiger partial charge < -0.3 is 0 Å². The highest BCUT2D eigenvalue weighted by Crippen LogP contribution is 2.41. The molecule has 2 fully saturated rings. The third-order valence-corrected chi connectivity index (χ3v) is 4.59. The Morgan fingerprint density at radius 2 is 1.93 bits per heavy atom. The Morgan fingerprint density at radius 3 is 2.53 bits per heavy atom. The zero-order valence-electron chi connectivity index (χ0n) is 9.49. The topological polar surface area (TPSA) is 55.4 Å². The zero-order valence-corrected chi connectivity index (χ0v) is 10.3. The average molecular weight is 233 g/mol. The van der Waals surface area contributed by atoms with E-state index in [1.165, 1.54) is 0 Å². The fourth-order valence-corrected chi connectivity index (χ4v) is 4.00. The van der Waals surface area contributed by atoms with E-state index in [-0.39, 0.29) is 17.6 Å². The van der Waals surface area contributed by atoms with E-state index in [1.54, 1.807) is 0 Å². The van der Waals surface area contributed by atoms with Crippen LogP contribution in [0.5, 0.6) is 0 Å². The van der Waals surface area contributed by atoms with Gasteiger partial charge >= 0.3 is 10.3 Å². The molecule has 1 heterocycles. The van der Waals surface area contributed by atoms with Gasteiger partial charge in [0.25, 0.3) is 0 Å². The van der Waals surface area contributed by atoms with Crippen LogP contribution in [0.15, 0.2) is 0 Å². The fourth-order valence-electron chi connectivity index (χ4n) is 2.78. The molecule has 3 unspecified atom stereocenters. The van der Waals surface area contributed by atoms with E-state index in [2.05, 4.69) is 25.5 Å². The lowest BCUT2D eigenvalue weighted by Gasteiger charge is -2.45. The van der Waals surface area contributed by atoms with E-state index < -0.39 is 10.3 Å². The molecule has 4 nitrogen and oxygen atoms in total. The summed E-state index contributed by atoms with van der Waals surface area (Å²) in [5, 5.41) is 0. The molecule has 0 aromatic rings. The van der Waals surface area contributed by atoms with Crippen molar-refractivity contribution in [3.05, 3.63) is 0 Å². The molecule has 1 saturated carbocycles.